The standard InChI is InChI=1S/C18H26N2O3S/c1-2-3-4-5-6-7-12-22-16-10-8-15(9-11-16)13-19-18(21)17-14-20-24-23-17/h8-11,14,20H,2-7,12-13H2,1H3,(H,19,21). The van der Waals surface area contributed by atoms with Crippen molar-refractivity contribution >= 4 is 18.1 Å². The molecule has 0 radical (unpaired) electrons. The Labute approximate surface area is 148 Å². The van der Waals surface area contributed by atoms with Gasteiger partial charge in [0.2, 0.25) is 5.76 Å². The normalized spacial score (nSPS) is 13.0. The van der Waals surface area contributed by atoms with Gasteiger partial charge in [-0.05, 0) is 24.1 Å². The van der Waals surface area contributed by atoms with E-state index in [0.717, 1.165) is 36.6 Å². The Morgan fingerprint density at radius 1 is 1.17 bits per heavy atom. The van der Waals surface area contributed by atoms with Crippen LogP contribution in [0.5, 0.6) is 5.75 Å². The molecule has 132 valence electrons. The van der Waals surface area contributed by atoms with Gasteiger partial charge in [0, 0.05) is 6.54 Å². The monoisotopic (exact) mass is 350 g/mol. The van der Waals surface area contributed by atoms with Gasteiger partial charge in [-0.15, -0.1) is 0 Å². The Morgan fingerprint density at radius 2 is 1.92 bits per heavy atom. The molecule has 1 aliphatic heterocycles. The summed E-state index contributed by atoms with van der Waals surface area (Å²) in [4.78, 5) is 11.8. The molecule has 1 amide bonds. The summed E-state index contributed by atoms with van der Waals surface area (Å²) in [5.41, 5.74) is 1.02. The van der Waals surface area contributed by atoms with Crippen LogP contribution in [0.25, 0.3) is 0 Å². The average molecular weight is 350 g/mol. The van der Waals surface area contributed by atoms with Gasteiger partial charge >= 0.3 is 0 Å². The van der Waals surface area contributed by atoms with Crippen LogP contribution in [0.1, 0.15) is 51.0 Å². The maximum atomic E-state index is 11.8. The highest BCUT2D eigenvalue weighted by Crippen LogP contribution is 2.15. The molecule has 0 saturated carbocycles. The van der Waals surface area contributed by atoms with Gasteiger partial charge < -0.3 is 14.2 Å². The molecule has 0 atom stereocenters. The number of carbonyl (C=O) groups excluding carboxylic acids is 1. The van der Waals surface area contributed by atoms with Crippen molar-refractivity contribution in [2.24, 2.45) is 0 Å². The molecular weight excluding hydrogens is 324 g/mol. The molecule has 2 rings (SSSR count). The maximum absolute atomic E-state index is 11.8. The van der Waals surface area contributed by atoms with Gasteiger partial charge in [0.05, 0.1) is 12.8 Å². The first-order valence-electron chi connectivity index (χ1n) is 8.58. The highest BCUT2D eigenvalue weighted by atomic mass is 32.2. The summed E-state index contributed by atoms with van der Waals surface area (Å²) < 4.78 is 13.5. The zero-order valence-corrected chi connectivity index (χ0v) is 15.0. The number of unbranched alkanes of at least 4 members (excludes halogenated alkanes) is 5. The largest absolute Gasteiger partial charge is 0.494 e. The van der Waals surface area contributed by atoms with Crippen LogP contribution in [0.3, 0.4) is 0 Å². The number of carbonyl (C=O) groups is 1. The molecule has 5 nitrogen and oxygen atoms in total. The van der Waals surface area contributed by atoms with Gasteiger partial charge in [-0.25, -0.2) is 0 Å². The number of nitrogens with one attached hydrogen (secondary N) is 2. The van der Waals surface area contributed by atoms with Crippen LogP contribution in [0.2, 0.25) is 0 Å². The first-order valence-corrected chi connectivity index (χ1v) is 9.33. The zero-order valence-electron chi connectivity index (χ0n) is 14.2. The van der Waals surface area contributed by atoms with E-state index in [2.05, 4.69) is 17.0 Å². The lowest BCUT2D eigenvalue weighted by molar-refractivity contribution is -0.119. The topological polar surface area (TPSA) is 59.6 Å². The SMILES string of the molecule is CCCCCCCCOc1ccc(CNC(=O)C2=CNSO2)cc1. The van der Waals surface area contributed by atoms with E-state index in [9.17, 15) is 4.79 Å². The van der Waals surface area contributed by atoms with Crippen LogP contribution in [0, 0.1) is 0 Å². The molecule has 1 aliphatic rings. The van der Waals surface area contributed by atoms with Crippen molar-refractivity contribution in [2.45, 2.75) is 52.0 Å². The molecule has 0 aliphatic carbocycles. The van der Waals surface area contributed by atoms with Gasteiger partial charge in [0.25, 0.3) is 5.91 Å². The van der Waals surface area contributed by atoms with Crippen LogP contribution in [0.15, 0.2) is 36.2 Å². The number of rotatable bonds is 11. The van der Waals surface area contributed by atoms with E-state index in [-0.39, 0.29) is 5.91 Å². The number of benzene rings is 1. The Balaban J connectivity index is 1.61. The predicted octanol–water partition coefficient (Wildman–Crippen LogP) is 4.07. The summed E-state index contributed by atoms with van der Waals surface area (Å²) in [6.07, 6.45) is 9.11. The van der Waals surface area contributed by atoms with Crippen molar-refractivity contribution in [2.75, 3.05) is 6.61 Å². The molecule has 0 bridgehead atoms. The van der Waals surface area contributed by atoms with Crippen LogP contribution >= 0.6 is 12.2 Å². The van der Waals surface area contributed by atoms with E-state index in [1.54, 1.807) is 6.20 Å². The maximum Gasteiger partial charge on any atom is 0.289 e. The molecule has 2 N–H and O–H groups in total. The van der Waals surface area contributed by atoms with Crippen molar-refractivity contribution in [1.29, 1.82) is 0 Å². The molecule has 1 aromatic carbocycles. The third-order valence-corrected chi connectivity index (χ3v) is 4.21. The Kier molecular flexibility index (Phi) is 8.38. The summed E-state index contributed by atoms with van der Waals surface area (Å²) in [5.74, 6) is 0.941. The molecule has 0 spiro atoms. The molecule has 0 fully saturated rings. The van der Waals surface area contributed by atoms with E-state index < -0.39 is 0 Å². The molecule has 0 saturated heterocycles. The van der Waals surface area contributed by atoms with Gasteiger partial charge in [-0.3, -0.25) is 9.52 Å². The van der Waals surface area contributed by atoms with E-state index in [4.69, 9.17) is 8.92 Å². The molecule has 1 heterocycles. The summed E-state index contributed by atoms with van der Waals surface area (Å²) in [5, 5.41) is 2.81. The molecule has 1 aromatic rings. The number of ether oxygens (including phenoxy) is 1. The first kappa shape index (κ1) is 18.5. The average Bonchev–Trinajstić information content (AvgIpc) is 3.15. The number of hydrogen-bond acceptors (Lipinski definition) is 5. The molecule has 6 heteroatoms. The van der Waals surface area contributed by atoms with Crippen molar-refractivity contribution in [1.82, 2.24) is 10.0 Å². The fourth-order valence-corrected chi connectivity index (χ4v) is 2.74. The highest BCUT2D eigenvalue weighted by molar-refractivity contribution is 7.93. The van der Waals surface area contributed by atoms with Crippen LogP contribution in [-0.2, 0) is 15.5 Å². The lowest BCUT2D eigenvalue weighted by atomic mass is 10.1. The van der Waals surface area contributed by atoms with Crippen molar-refractivity contribution in [3.05, 3.63) is 41.8 Å². The van der Waals surface area contributed by atoms with E-state index >= 15 is 0 Å². The smallest absolute Gasteiger partial charge is 0.289 e. The summed E-state index contributed by atoms with van der Waals surface area (Å²) in [7, 11) is 0. The van der Waals surface area contributed by atoms with Crippen LogP contribution < -0.4 is 14.8 Å². The van der Waals surface area contributed by atoms with E-state index in [1.165, 1.54) is 32.1 Å². The van der Waals surface area contributed by atoms with Gasteiger partial charge in [0.15, 0.2) is 12.2 Å². The summed E-state index contributed by atoms with van der Waals surface area (Å²) >= 11 is 1.03. The Bertz CT molecular complexity index is 532. The lowest BCUT2D eigenvalue weighted by Gasteiger charge is -2.08. The molecule has 0 aromatic heterocycles. The molecule has 0 unspecified atom stereocenters. The third-order valence-electron chi connectivity index (χ3n) is 3.74. The third kappa shape index (κ3) is 6.74. The van der Waals surface area contributed by atoms with E-state index in [1.807, 2.05) is 24.3 Å². The van der Waals surface area contributed by atoms with Crippen molar-refractivity contribution in [3.63, 3.8) is 0 Å². The molecule has 24 heavy (non-hydrogen) atoms. The van der Waals surface area contributed by atoms with Crippen molar-refractivity contribution < 1.29 is 13.7 Å². The van der Waals surface area contributed by atoms with Gasteiger partial charge in [-0.1, -0.05) is 51.2 Å². The molecular formula is C18H26N2O3S. The second-order valence-corrected chi connectivity index (χ2v) is 6.30. The fraction of sp³-hybridized carbons (Fsp3) is 0.500. The Morgan fingerprint density at radius 3 is 2.62 bits per heavy atom. The van der Waals surface area contributed by atoms with Crippen molar-refractivity contribution in [3.8, 4) is 5.75 Å². The predicted molar refractivity (Wildman–Crippen MR) is 97.1 cm³/mol. The summed E-state index contributed by atoms with van der Waals surface area (Å²) in [6.45, 7) is 3.45. The van der Waals surface area contributed by atoms with Crippen LogP contribution in [-0.4, -0.2) is 12.5 Å². The highest BCUT2D eigenvalue weighted by Gasteiger charge is 2.15. The minimum absolute atomic E-state index is 0.226. The quantitative estimate of drug-likeness (QED) is 0.358. The fourth-order valence-electron chi connectivity index (χ4n) is 2.32. The van der Waals surface area contributed by atoms with Crippen LogP contribution in [0.4, 0.5) is 0 Å². The zero-order chi connectivity index (χ0) is 17.0. The number of hydrogen-bond donors (Lipinski definition) is 2. The van der Waals surface area contributed by atoms with Gasteiger partial charge in [0.1, 0.15) is 5.75 Å². The first-order chi connectivity index (χ1) is 11.8. The second-order valence-electron chi connectivity index (χ2n) is 5.74. The lowest BCUT2D eigenvalue weighted by Crippen LogP contribution is -2.24. The second kappa shape index (κ2) is 10.9. The van der Waals surface area contributed by atoms with E-state index in [0.29, 0.717) is 12.3 Å². The number of amides is 1. The summed E-state index contributed by atoms with van der Waals surface area (Å²) in [6, 6.07) is 7.82. The minimum Gasteiger partial charge on any atom is -0.494 e. The minimum atomic E-state index is -0.226. The Hall–Kier alpha value is -1.82. The van der Waals surface area contributed by atoms with Gasteiger partial charge in [-0.2, -0.15) is 0 Å².